The third kappa shape index (κ3) is 10.8. The van der Waals surface area contributed by atoms with Gasteiger partial charge >= 0.3 is 29.8 Å². The number of hydrogen-bond donors (Lipinski definition) is 4. The van der Waals surface area contributed by atoms with Crippen molar-refractivity contribution >= 4 is 29.8 Å². The number of hydrogen-bond acceptors (Lipinski definition) is 14. The molecule has 0 saturated carbocycles. The fourth-order valence-corrected chi connectivity index (χ4v) is 5.05. The fourth-order valence-electron chi connectivity index (χ4n) is 5.05. The molecule has 0 aromatic heterocycles. The van der Waals surface area contributed by atoms with Crippen molar-refractivity contribution in [3.8, 4) is 23.0 Å². The lowest BCUT2D eigenvalue weighted by molar-refractivity contribution is -0.153. The van der Waals surface area contributed by atoms with Gasteiger partial charge in [0, 0.05) is 30.9 Å². The SMILES string of the molecule is CC1COC(=O)CC(C)OC(=O)c2c(O)cc(O)cc2CC(C)OC(=O)CC(C)OC(=O)c2c(O)cc(O)cc2CC(C)OC(=O)C1. The Morgan fingerprint density at radius 1 is 0.511 bits per heavy atom. The van der Waals surface area contributed by atoms with Crippen molar-refractivity contribution in [2.45, 2.75) is 91.1 Å². The van der Waals surface area contributed by atoms with Crippen molar-refractivity contribution in [2.24, 2.45) is 5.92 Å². The molecule has 0 saturated heterocycles. The summed E-state index contributed by atoms with van der Waals surface area (Å²) in [6.07, 6.45) is -4.79. The number of cyclic esters (lactones) is 5. The predicted octanol–water partition coefficient (Wildman–Crippen LogP) is 3.61. The van der Waals surface area contributed by atoms with Gasteiger partial charge in [0.1, 0.15) is 58.5 Å². The minimum Gasteiger partial charge on any atom is -0.508 e. The Morgan fingerprint density at radius 3 is 1.34 bits per heavy atom. The minimum absolute atomic E-state index is 0.0847. The number of ether oxygens (including phenoxy) is 5. The number of phenols is 4. The number of benzene rings is 2. The third-order valence-electron chi connectivity index (χ3n) is 7.02. The largest absolute Gasteiger partial charge is 0.508 e. The van der Waals surface area contributed by atoms with E-state index in [1.807, 2.05) is 0 Å². The molecular weight excluding hydrogens is 620 g/mol. The molecule has 1 aliphatic heterocycles. The number of rotatable bonds is 0. The van der Waals surface area contributed by atoms with Gasteiger partial charge in [-0.15, -0.1) is 0 Å². The number of esters is 5. The van der Waals surface area contributed by atoms with Crippen LogP contribution in [-0.4, -0.2) is 81.3 Å². The van der Waals surface area contributed by atoms with E-state index < -0.39 is 78.1 Å². The Morgan fingerprint density at radius 2 is 0.894 bits per heavy atom. The number of fused-ring (bicyclic) bond motifs is 2. The molecule has 0 spiro atoms. The van der Waals surface area contributed by atoms with Crippen molar-refractivity contribution in [3.05, 3.63) is 46.5 Å². The molecule has 1 aliphatic rings. The first kappa shape index (κ1) is 36.5. The summed E-state index contributed by atoms with van der Waals surface area (Å²) >= 11 is 0. The van der Waals surface area contributed by atoms with Gasteiger partial charge in [0.05, 0.1) is 25.9 Å². The quantitative estimate of drug-likeness (QED) is 0.235. The summed E-state index contributed by atoms with van der Waals surface area (Å²) < 4.78 is 26.8. The van der Waals surface area contributed by atoms with Gasteiger partial charge in [-0.2, -0.15) is 0 Å². The molecule has 1 heterocycles. The highest BCUT2D eigenvalue weighted by atomic mass is 16.6. The molecule has 4 N–H and O–H groups in total. The zero-order valence-corrected chi connectivity index (χ0v) is 26.8. The first-order valence-corrected chi connectivity index (χ1v) is 15.1. The van der Waals surface area contributed by atoms with Gasteiger partial charge in [-0.3, -0.25) is 14.4 Å². The molecule has 0 fully saturated rings. The highest BCUT2D eigenvalue weighted by Gasteiger charge is 2.28. The second-order valence-corrected chi connectivity index (χ2v) is 11.8. The van der Waals surface area contributed by atoms with Crippen LogP contribution in [0.5, 0.6) is 23.0 Å². The Balaban J connectivity index is 1.88. The smallest absolute Gasteiger partial charge is 0.342 e. The summed E-state index contributed by atoms with van der Waals surface area (Å²) in [4.78, 5) is 63.8. The molecular formula is C33H40O14. The van der Waals surface area contributed by atoms with Crippen molar-refractivity contribution < 1.29 is 68.1 Å². The first-order chi connectivity index (χ1) is 22.0. The van der Waals surface area contributed by atoms with Crippen LogP contribution >= 0.6 is 0 Å². The second-order valence-electron chi connectivity index (χ2n) is 11.8. The zero-order chi connectivity index (χ0) is 35.0. The molecule has 0 radical (unpaired) electrons. The van der Waals surface area contributed by atoms with E-state index in [1.165, 1.54) is 32.9 Å². The summed E-state index contributed by atoms with van der Waals surface area (Å²) in [5.41, 5.74) is -0.371. The van der Waals surface area contributed by atoms with E-state index in [0.717, 1.165) is 12.1 Å². The molecule has 2 aromatic rings. The number of carbonyl (C=O) groups is 5. The van der Waals surface area contributed by atoms with Gasteiger partial charge < -0.3 is 44.1 Å². The Bertz CT molecular complexity index is 1500. The van der Waals surface area contributed by atoms with E-state index in [0.29, 0.717) is 0 Å². The Hall–Kier alpha value is -5.01. The maximum atomic E-state index is 13.1. The van der Waals surface area contributed by atoms with Crippen LogP contribution in [0.15, 0.2) is 24.3 Å². The molecule has 14 heteroatoms. The molecule has 0 amide bonds. The van der Waals surface area contributed by atoms with Gasteiger partial charge in [-0.05, 0) is 51.0 Å². The normalized spacial score (nSPS) is 24.5. The van der Waals surface area contributed by atoms with Gasteiger partial charge in [-0.1, -0.05) is 6.92 Å². The van der Waals surface area contributed by atoms with E-state index in [2.05, 4.69) is 0 Å². The lowest BCUT2D eigenvalue weighted by atomic mass is 10.00. The molecule has 256 valence electrons. The van der Waals surface area contributed by atoms with Crippen LogP contribution in [0.2, 0.25) is 0 Å². The lowest BCUT2D eigenvalue weighted by Crippen LogP contribution is -2.25. The highest BCUT2D eigenvalue weighted by Crippen LogP contribution is 2.31. The van der Waals surface area contributed by atoms with Gasteiger partial charge in [-0.25, -0.2) is 9.59 Å². The average molecular weight is 661 g/mol. The maximum absolute atomic E-state index is 13.1. The second kappa shape index (κ2) is 16.0. The van der Waals surface area contributed by atoms with Gasteiger partial charge in [0.15, 0.2) is 0 Å². The average Bonchev–Trinajstić information content (AvgIpc) is 2.89. The van der Waals surface area contributed by atoms with Crippen molar-refractivity contribution in [2.75, 3.05) is 6.61 Å². The topological polar surface area (TPSA) is 212 Å². The van der Waals surface area contributed by atoms with Crippen molar-refractivity contribution in [1.82, 2.24) is 0 Å². The van der Waals surface area contributed by atoms with Crippen LogP contribution < -0.4 is 0 Å². The van der Waals surface area contributed by atoms with Crippen LogP contribution in [0.3, 0.4) is 0 Å². The highest BCUT2D eigenvalue weighted by molar-refractivity contribution is 5.95. The van der Waals surface area contributed by atoms with Crippen LogP contribution in [-0.2, 0) is 50.9 Å². The van der Waals surface area contributed by atoms with Crippen molar-refractivity contribution in [3.63, 3.8) is 0 Å². The summed E-state index contributed by atoms with van der Waals surface area (Å²) in [5, 5.41) is 41.1. The van der Waals surface area contributed by atoms with Crippen LogP contribution in [0.1, 0.15) is 85.7 Å². The van der Waals surface area contributed by atoms with E-state index >= 15 is 0 Å². The maximum Gasteiger partial charge on any atom is 0.342 e. The molecule has 3 rings (SSSR count). The van der Waals surface area contributed by atoms with Gasteiger partial charge in [0.2, 0.25) is 0 Å². The standard InChI is InChI=1S/C33H40O14/c1-16-6-28(39)44-17(2)7-21-11-23(34)14-26(37)31(21)33(42)47-20(5)10-29(40)45-18(3)8-22-12-24(35)13-25(36)30(22)32(41)46-19(4)9-27(38)43-15-16/h11-14,16-20,34-37H,6-10,15H2,1-5H3. The summed E-state index contributed by atoms with van der Waals surface area (Å²) in [7, 11) is 0. The monoisotopic (exact) mass is 660 g/mol. The summed E-state index contributed by atoms with van der Waals surface area (Å²) in [6.45, 7) is 7.44. The summed E-state index contributed by atoms with van der Waals surface area (Å²) in [5.74, 6) is -6.46. The molecule has 5 atom stereocenters. The molecule has 0 bridgehead atoms. The fraction of sp³-hybridized carbons (Fsp3) is 0.485. The van der Waals surface area contributed by atoms with E-state index in [-0.39, 0.29) is 66.0 Å². The number of phenolic OH excluding ortho intramolecular Hbond substituents is 4. The Labute approximate surface area is 271 Å². The predicted molar refractivity (Wildman–Crippen MR) is 162 cm³/mol. The van der Waals surface area contributed by atoms with Crippen LogP contribution in [0, 0.1) is 5.92 Å². The van der Waals surface area contributed by atoms with E-state index in [4.69, 9.17) is 23.7 Å². The van der Waals surface area contributed by atoms with Crippen LogP contribution in [0.25, 0.3) is 0 Å². The molecule has 0 aliphatic carbocycles. The molecule has 2 aromatic carbocycles. The van der Waals surface area contributed by atoms with Crippen molar-refractivity contribution in [1.29, 1.82) is 0 Å². The Kier molecular flexibility index (Phi) is 12.4. The first-order valence-electron chi connectivity index (χ1n) is 15.1. The van der Waals surface area contributed by atoms with Crippen LogP contribution in [0.4, 0.5) is 0 Å². The lowest BCUT2D eigenvalue weighted by Gasteiger charge is -2.20. The minimum atomic E-state index is -1.03. The molecule has 14 nitrogen and oxygen atoms in total. The summed E-state index contributed by atoms with van der Waals surface area (Å²) in [6, 6.07) is 4.30. The van der Waals surface area contributed by atoms with E-state index in [1.54, 1.807) is 13.8 Å². The van der Waals surface area contributed by atoms with Gasteiger partial charge in [0.25, 0.3) is 0 Å². The number of carbonyl (C=O) groups excluding carboxylic acids is 5. The number of aromatic hydroxyl groups is 4. The third-order valence-corrected chi connectivity index (χ3v) is 7.02. The molecule has 47 heavy (non-hydrogen) atoms. The zero-order valence-electron chi connectivity index (χ0n) is 26.8. The molecule has 5 unspecified atom stereocenters. The van der Waals surface area contributed by atoms with E-state index in [9.17, 15) is 44.4 Å².